The lowest BCUT2D eigenvalue weighted by Gasteiger charge is -2.22. The number of nitrogens with one attached hydrogen (secondary N) is 2. The number of aryl methyl sites for hydroxylation is 1. The molecule has 0 aliphatic heterocycles. The second kappa shape index (κ2) is 9.43. The Balaban J connectivity index is 1.99. The largest absolute Gasteiger partial charge is 0.352 e. The van der Waals surface area contributed by atoms with E-state index in [1.165, 1.54) is 5.69 Å². The third-order valence-electron chi connectivity index (χ3n) is 4.02. The summed E-state index contributed by atoms with van der Waals surface area (Å²) in [7, 11) is 5.79. The van der Waals surface area contributed by atoms with Gasteiger partial charge in [0.15, 0.2) is 5.96 Å². The van der Waals surface area contributed by atoms with Gasteiger partial charge in [0.2, 0.25) is 0 Å². The molecule has 0 atom stereocenters. The molecule has 1 aromatic heterocycles. The van der Waals surface area contributed by atoms with Crippen molar-refractivity contribution in [2.75, 3.05) is 20.6 Å². The molecule has 0 radical (unpaired) electrons. The van der Waals surface area contributed by atoms with Crippen molar-refractivity contribution in [3.63, 3.8) is 0 Å². The first-order valence-electron chi connectivity index (χ1n) is 8.54. The average Bonchev–Trinajstić information content (AvgIpc) is 2.93. The fourth-order valence-electron chi connectivity index (χ4n) is 2.69. The van der Waals surface area contributed by atoms with Gasteiger partial charge in [-0.25, -0.2) is 0 Å². The monoisotopic (exact) mass is 419 g/mol. The molecule has 7 heteroatoms. The number of rotatable bonds is 6. The summed E-state index contributed by atoms with van der Waals surface area (Å²) >= 11 is 3.50. The Bertz CT molecular complexity index is 784. The molecule has 140 valence electrons. The van der Waals surface area contributed by atoms with Crippen LogP contribution in [0.5, 0.6) is 0 Å². The molecule has 0 aliphatic carbocycles. The van der Waals surface area contributed by atoms with Gasteiger partial charge in [0, 0.05) is 56.2 Å². The molecule has 0 saturated carbocycles. The Morgan fingerprint density at radius 3 is 2.69 bits per heavy atom. The first kappa shape index (κ1) is 20.0. The van der Waals surface area contributed by atoms with Crippen LogP contribution < -0.4 is 10.6 Å². The maximum atomic E-state index is 12.0. The first-order valence-corrected chi connectivity index (χ1v) is 9.33. The molecule has 0 aliphatic rings. The van der Waals surface area contributed by atoms with E-state index in [4.69, 9.17) is 0 Å². The van der Waals surface area contributed by atoms with Gasteiger partial charge in [-0.1, -0.05) is 12.1 Å². The molecule has 6 nitrogen and oxygen atoms in total. The van der Waals surface area contributed by atoms with Gasteiger partial charge >= 0.3 is 0 Å². The summed E-state index contributed by atoms with van der Waals surface area (Å²) in [4.78, 5) is 18.4. The maximum absolute atomic E-state index is 12.0. The van der Waals surface area contributed by atoms with Gasteiger partial charge in [-0.15, -0.1) is 0 Å². The molecule has 1 heterocycles. The minimum atomic E-state index is -0.0508. The van der Waals surface area contributed by atoms with Crippen molar-refractivity contribution in [1.82, 2.24) is 20.1 Å². The van der Waals surface area contributed by atoms with Crippen molar-refractivity contribution in [3.05, 3.63) is 57.8 Å². The molecule has 2 aromatic rings. The predicted octanol–water partition coefficient (Wildman–Crippen LogP) is 2.74. The molecule has 1 aromatic carbocycles. The zero-order valence-corrected chi connectivity index (χ0v) is 17.3. The fourth-order valence-corrected chi connectivity index (χ4v) is 3.26. The van der Waals surface area contributed by atoms with Gasteiger partial charge in [-0.3, -0.25) is 9.79 Å². The fraction of sp³-hybridized carbons (Fsp3) is 0.368. The van der Waals surface area contributed by atoms with Crippen molar-refractivity contribution < 1.29 is 4.79 Å². The molecular formula is C19H26BrN5O. The van der Waals surface area contributed by atoms with Gasteiger partial charge in [0.05, 0.1) is 6.54 Å². The van der Waals surface area contributed by atoms with E-state index in [1.54, 1.807) is 7.05 Å². The Morgan fingerprint density at radius 1 is 1.31 bits per heavy atom. The van der Waals surface area contributed by atoms with Crippen molar-refractivity contribution in [2.45, 2.75) is 20.0 Å². The van der Waals surface area contributed by atoms with E-state index in [-0.39, 0.29) is 5.91 Å². The van der Waals surface area contributed by atoms with Gasteiger partial charge in [0.25, 0.3) is 5.91 Å². The van der Waals surface area contributed by atoms with E-state index in [0.29, 0.717) is 18.7 Å². The summed E-state index contributed by atoms with van der Waals surface area (Å²) in [6.07, 6.45) is 2.03. The number of halogens is 1. The Labute approximate surface area is 163 Å². The average molecular weight is 420 g/mol. The minimum Gasteiger partial charge on any atom is -0.352 e. The molecular weight excluding hydrogens is 394 g/mol. The number of guanidine groups is 1. The van der Waals surface area contributed by atoms with E-state index >= 15 is 0 Å². The second-order valence-electron chi connectivity index (χ2n) is 6.08. The number of benzene rings is 1. The highest BCUT2D eigenvalue weighted by Gasteiger charge is 2.10. The van der Waals surface area contributed by atoms with Crippen molar-refractivity contribution in [2.24, 2.45) is 12.0 Å². The third-order valence-corrected chi connectivity index (χ3v) is 4.46. The van der Waals surface area contributed by atoms with Crippen molar-refractivity contribution >= 4 is 27.8 Å². The van der Waals surface area contributed by atoms with Crippen LogP contribution >= 0.6 is 15.9 Å². The Morgan fingerprint density at radius 2 is 2.08 bits per heavy atom. The highest BCUT2D eigenvalue weighted by molar-refractivity contribution is 9.10. The van der Waals surface area contributed by atoms with Gasteiger partial charge in [-0.2, -0.15) is 0 Å². The normalized spacial score (nSPS) is 11.3. The van der Waals surface area contributed by atoms with Gasteiger partial charge in [-0.05, 0) is 46.6 Å². The first-order chi connectivity index (χ1) is 12.4. The molecule has 0 fully saturated rings. The third kappa shape index (κ3) is 5.36. The van der Waals surface area contributed by atoms with Crippen LogP contribution in [0, 0.1) is 0 Å². The van der Waals surface area contributed by atoms with Crippen LogP contribution in [0.2, 0.25) is 0 Å². The number of aromatic nitrogens is 1. The van der Waals surface area contributed by atoms with E-state index < -0.39 is 0 Å². The molecule has 2 rings (SSSR count). The topological polar surface area (TPSA) is 61.7 Å². The van der Waals surface area contributed by atoms with Crippen molar-refractivity contribution in [1.29, 1.82) is 0 Å². The van der Waals surface area contributed by atoms with E-state index in [2.05, 4.69) is 47.1 Å². The lowest BCUT2D eigenvalue weighted by atomic mass is 10.1. The predicted molar refractivity (Wildman–Crippen MR) is 109 cm³/mol. The van der Waals surface area contributed by atoms with Gasteiger partial charge < -0.3 is 20.1 Å². The van der Waals surface area contributed by atoms with Crippen LogP contribution in [-0.4, -0.2) is 42.0 Å². The zero-order valence-electron chi connectivity index (χ0n) is 15.7. The van der Waals surface area contributed by atoms with Gasteiger partial charge in [0.1, 0.15) is 0 Å². The Hall–Kier alpha value is -2.28. The number of aliphatic imine (C=N–C) groups is 1. The number of carbonyl (C=O) groups is 1. The van der Waals surface area contributed by atoms with Crippen LogP contribution in [0.1, 0.15) is 28.5 Å². The summed E-state index contributed by atoms with van der Waals surface area (Å²) < 4.78 is 3.15. The lowest BCUT2D eigenvalue weighted by molar-refractivity contribution is 0.0955. The number of hydrogen-bond donors (Lipinski definition) is 2. The Kier molecular flexibility index (Phi) is 7.26. The molecule has 0 saturated heterocycles. The minimum absolute atomic E-state index is 0.0508. The molecule has 1 amide bonds. The van der Waals surface area contributed by atoms with E-state index in [1.807, 2.05) is 51.5 Å². The smallest absolute Gasteiger partial charge is 0.251 e. The van der Waals surface area contributed by atoms with Crippen LogP contribution in [-0.2, 0) is 20.1 Å². The molecule has 0 spiro atoms. The summed E-state index contributed by atoms with van der Waals surface area (Å²) in [6.45, 7) is 3.87. The van der Waals surface area contributed by atoms with Crippen LogP contribution in [0.25, 0.3) is 0 Å². The number of amides is 1. The highest BCUT2D eigenvalue weighted by Crippen LogP contribution is 2.15. The standard InChI is InChI=1S/C19H26BrN5O/c1-5-22-18(26)15-8-6-7-14(9-15)11-23-19(21-2)25(4)13-17-10-16(20)12-24(17)3/h6-10,12H,5,11,13H2,1-4H3,(H,21,23)(H,22,26). The number of carbonyl (C=O) groups excluding carboxylic acids is 1. The summed E-state index contributed by atoms with van der Waals surface area (Å²) in [5.74, 6) is 0.746. The SMILES string of the molecule is CCNC(=O)c1cccc(CNC(=NC)N(C)Cc2cc(Br)cn2C)c1. The van der Waals surface area contributed by atoms with Crippen LogP contribution in [0.4, 0.5) is 0 Å². The number of nitrogens with zero attached hydrogens (tertiary/aromatic N) is 3. The maximum Gasteiger partial charge on any atom is 0.251 e. The highest BCUT2D eigenvalue weighted by atomic mass is 79.9. The van der Waals surface area contributed by atoms with E-state index in [9.17, 15) is 4.79 Å². The summed E-state index contributed by atoms with van der Waals surface area (Å²) in [5.41, 5.74) is 2.88. The molecule has 0 unspecified atom stereocenters. The molecule has 2 N–H and O–H groups in total. The van der Waals surface area contributed by atoms with Crippen LogP contribution in [0.15, 0.2) is 46.0 Å². The van der Waals surface area contributed by atoms with Crippen LogP contribution in [0.3, 0.4) is 0 Å². The van der Waals surface area contributed by atoms with Crippen molar-refractivity contribution in [3.8, 4) is 0 Å². The number of hydrogen-bond acceptors (Lipinski definition) is 2. The summed E-state index contributed by atoms with van der Waals surface area (Å²) in [5, 5.41) is 6.17. The molecule has 26 heavy (non-hydrogen) atoms. The molecule has 0 bridgehead atoms. The lowest BCUT2D eigenvalue weighted by Crippen LogP contribution is -2.38. The quantitative estimate of drug-likeness (QED) is 0.558. The second-order valence-corrected chi connectivity index (χ2v) is 6.99. The summed E-state index contributed by atoms with van der Waals surface area (Å²) in [6, 6.07) is 9.72. The van der Waals surface area contributed by atoms with E-state index in [0.717, 1.165) is 22.5 Å². The zero-order chi connectivity index (χ0) is 19.1.